The molecule has 0 aliphatic heterocycles. The van der Waals surface area contributed by atoms with Crippen molar-refractivity contribution in [2.75, 3.05) is 5.48 Å². The molecule has 0 fully saturated rings. The van der Waals surface area contributed by atoms with Gasteiger partial charge in [-0.2, -0.15) is 0 Å². The van der Waals surface area contributed by atoms with Gasteiger partial charge < -0.3 is 4.84 Å². The fraction of sp³-hybridized carbons (Fsp3) is 0.125. The zero-order valence-corrected chi connectivity index (χ0v) is 6.20. The summed E-state index contributed by atoms with van der Waals surface area (Å²) in [5, 5.41) is 0. The second kappa shape index (κ2) is 3.61. The minimum Gasteiger partial charge on any atom is -0.347 e. The van der Waals surface area contributed by atoms with Gasteiger partial charge in [0.15, 0.2) is 0 Å². The van der Waals surface area contributed by atoms with E-state index in [0.29, 0.717) is 6.47 Å². The summed E-state index contributed by atoms with van der Waals surface area (Å²) in [7, 11) is 0. The highest BCUT2D eigenvalue weighted by Gasteiger charge is 1.88. The molecule has 0 bridgehead atoms. The predicted octanol–water partition coefficient (Wildman–Crippen LogP) is 1.49. The highest BCUT2D eigenvalue weighted by atomic mass is 16.7. The molecule has 0 heterocycles. The molecule has 0 aromatic heterocycles. The van der Waals surface area contributed by atoms with E-state index in [9.17, 15) is 4.79 Å². The molecule has 0 aliphatic carbocycles. The Morgan fingerprint density at radius 3 is 2.55 bits per heavy atom. The molecule has 1 N–H and O–H groups in total. The minimum atomic E-state index is 0.347. The minimum absolute atomic E-state index is 0.347. The van der Waals surface area contributed by atoms with E-state index in [2.05, 4.69) is 10.3 Å². The van der Waals surface area contributed by atoms with E-state index >= 15 is 0 Å². The van der Waals surface area contributed by atoms with Crippen LogP contribution in [0, 0.1) is 6.92 Å². The highest BCUT2D eigenvalue weighted by Crippen LogP contribution is 2.07. The first-order chi connectivity index (χ1) is 5.33. The first kappa shape index (κ1) is 7.60. The maximum absolute atomic E-state index is 9.76. The third kappa shape index (κ3) is 2.29. The van der Waals surface area contributed by atoms with Crippen molar-refractivity contribution in [1.29, 1.82) is 0 Å². The fourth-order valence-electron chi connectivity index (χ4n) is 0.714. The maximum atomic E-state index is 9.76. The van der Waals surface area contributed by atoms with Crippen molar-refractivity contribution in [3.8, 4) is 0 Å². The third-order valence-electron chi connectivity index (χ3n) is 1.28. The van der Waals surface area contributed by atoms with Gasteiger partial charge in [-0.15, -0.1) is 0 Å². The summed E-state index contributed by atoms with van der Waals surface area (Å²) < 4.78 is 0. The second-order valence-electron chi connectivity index (χ2n) is 2.18. The van der Waals surface area contributed by atoms with Gasteiger partial charge >= 0.3 is 6.47 Å². The van der Waals surface area contributed by atoms with E-state index in [1.807, 2.05) is 31.2 Å². The normalized spacial score (nSPS) is 8.82. The standard InChI is InChI=1S/C8H9NO2/c1-7-2-4-8(5-3-7)9-11-6-10/h2-6,9H,1H3. The molecule has 1 aromatic carbocycles. The number of aryl methyl sites for hydroxylation is 1. The van der Waals surface area contributed by atoms with Crippen molar-refractivity contribution >= 4 is 12.2 Å². The number of benzene rings is 1. The summed E-state index contributed by atoms with van der Waals surface area (Å²) in [5.41, 5.74) is 4.39. The van der Waals surface area contributed by atoms with Gasteiger partial charge in [-0.05, 0) is 19.1 Å². The molecule has 1 aromatic rings. The van der Waals surface area contributed by atoms with Crippen LogP contribution in [-0.4, -0.2) is 6.47 Å². The summed E-state index contributed by atoms with van der Waals surface area (Å²) in [5.74, 6) is 0. The number of carbonyl (C=O) groups is 1. The molecular weight excluding hydrogens is 142 g/mol. The van der Waals surface area contributed by atoms with Crippen LogP contribution in [0.4, 0.5) is 5.69 Å². The topological polar surface area (TPSA) is 38.3 Å². The van der Waals surface area contributed by atoms with Crippen LogP contribution in [0.15, 0.2) is 24.3 Å². The summed E-state index contributed by atoms with van der Waals surface area (Å²) in [6.07, 6.45) is 0. The number of carbonyl (C=O) groups excluding carboxylic acids is 1. The monoisotopic (exact) mass is 151 g/mol. The lowest BCUT2D eigenvalue weighted by molar-refractivity contribution is -0.126. The molecule has 0 radical (unpaired) electrons. The van der Waals surface area contributed by atoms with Crippen LogP contribution < -0.4 is 5.48 Å². The Bertz CT molecular complexity index is 230. The van der Waals surface area contributed by atoms with Crippen LogP contribution in [-0.2, 0) is 9.63 Å². The molecule has 0 unspecified atom stereocenters. The zero-order chi connectivity index (χ0) is 8.10. The van der Waals surface area contributed by atoms with Crippen LogP contribution in [0.5, 0.6) is 0 Å². The molecule has 3 heteroatoms. The van der Waals surface area contributed by atoms with Crippen LogP contribution >= 0.6 is 0 Å². The van der Waals surface area contributed by atoms with Gasteiger partial charge in [0.05, 0.1) is 5.69 Å². The maximum Gasteiger partial charge on any atom is 0.320 e. The summed E-state index contributed by atoms with van der Waals surface area (Å²) in [4.78, 5) is 14.1. The first-order valence-corrected chi connectivity index (χ1v) is 3.25. The molecule has 0 saturated heterocycles. The lowest BCUT2D eigenvalue weighted by Gasteiger charge is -2.01. The Kier molecular flexibility index (Phi) is 2.49. The van der Waals surface area contributed by atoms with E-state index in [4.69, 9.17) is 0 Å². The number of nitrogens with one attached hydrogen (secondary N) is 1. The van der Waals surface area contributed by atoms with Crippen molar-refractivity contribution in [2.24, 2.45) is 0 Å². The van der Waals surface area contributed by atoms with Gasteiger partial charge in [-0.25, -0.2) is 5.48 Å². The van der Waals surface area contributed by atoms with Gasteiger partial charge in [-0.1, -0.05) is 17.7 Å². The third-order valence-corrected chi connectivity index (χ3v) is 1.28. The Hall–Kier alpha value is -1.51. The van der Waals surface area contributed by atoms with Gasteiger partial charge in [0.1, 0.15) is 0 Å². The molecule has 0 atom stereocenters. The molecule has 11 heavy (non-hydrogen) atoms. The number of rotatable bonds is 3. The summed E-state index contributed by atoms with van der Waals surface area (Å²) >= 11 is 0. The van der Waals surface area contributed by atoms with Crippen molar-refractivity contribution in [2.45, 2.75) is 6.92 Å². The number of anilines is 1. The van der Waals surface area contributed by atoms with Crippen molar-refractivity contribution in [3.63, 3.8) is 0 Å². The molecule has 0 spiro atoms. The summed E-state index contributed by atoms with van der Waals surface area (Å²) in [6.45, 7) is 2.34. The average molecular weight is 151 g/mol. The molecule has 3 nitrogen and oxygen atoms in total. The molecule has 58 valence electrons. The SMILES string of the molecule is Cc1ccc(NOC=O)cc1. The van der Waals surface area contributed by atoms with Gasteiger partial charge in [0, 0.05) is 0 Å². The lowest BCUT2D eigenvalue weighted by atomic mass is 10.2. The largest absolute Gasteiger partial charge is 0.347 e. The Morgan fingerprint density at radius 2 is 2.00 bits per heavy atom. The summed E-state index contributed by atoms with van der Waals surface area (Å²) in [6, 6.07) is 7.52. The molecule has 0 aliphatic rings. The number of hydrogen-bond acceptors (Lipinski definition) is 3. The van der Waals surface area contributed by atoms with E-state index in [0.717, 1.165) is 5.69 Å². The van der Waals surface area contributed by atoms with E-state index in [1.165, 1.54) is 5.56 Å². The van der Waals surface area contributed by atoms with Crippen LogP contribution in [0.25, 0.3) is 0 Å². The quantitative estimate of drug-likeness (QED) is 0.525. The van der Waals surface area contributed by atoms with Gasteiger partial charge in [0.25, 0.3) is 0 Å². The Labute approximate surface area is 64.9 Å². The van der Waals surface area contributed by atoms with Crippen LogP contribution in [0.3, 0.4) is 0 Å². The predicted molar refractivity (Wildman–Crippen MR) is 42.0 cm³/mol. The van der Waals surface area contributed by atoms with E-state index in [-0.39, 0.29) is 0 Å². The van der Waals surface area contributed by atoms with Crippen LogP contribution in [0.2, 0.25) is 0 Å². The van der Waals surface area contributed by atoms with Crippen molar-refractivity contribution in [3.05, 3.63) is 29.8 Å². The molecule has 0 saturated carbocycles. The first-order valence-electron chi connectivity index (χ1n) is 3.25. The molecule has 1 rings (SSSR count). The zero-order valence-electron chi connectivity index (χ0n) is 6.20. The Morgan fingerprint density at radius 1 is 1.36 bits per heavy atom. The van der Waals surface area contributed by atoms with E-state index in [1.54, 1.807) is 0 Å². The second-order valence-corrected chi connectivity index (χ2v) is 2.18. The highest BCUT2D eigenvalue weighted by molar-refractivity contribution is 5.46. The number of hydrogen-bond donors (Lipinski definition) is 1. The average Bonchev–Trinajstić information content (AvgIpc) is 2.04. The van der Waals surface area contributed by atoms with Gasteiger partial charge in [-0.3, -0.25) is 4.79 Å². The van der Waals surface area contributed by atoms with Crippen LogP contribution in [0.1, 0.15) is 5.56 Å². The van der Waals surface area contributed by atoms with Crippen molar-refractivity contribution in [1.82, 2.24) is 0 Å². The molecular formula is C8H9NO2. The lowest BCUT2D eigenvalue weighted by Crippen LogP contribution is -1.97. The smallest absolute Gasteiger partial charge is 0.320 e. The van der Waals surface area contributed by atoms with E-state index < -0.39 is 0 Å². The van der Waals surface area contributed by atoms with Crippen molar-refractivity contribution < 1.29 is 9.63 Å². The van der Waals surface area contributed by atoms with Gasteiger partial charge in [0.2, 0.25) is 0 Å². The fourth-order valence-corrected chi connectivity index (χ4v) is 0.714. The molecule has 0 amide bonds. The Balaban J connectivity index is 2.58.